The number of likely N-dealkylation sites (tertiary alicyclic amines) is 1. The smallest absolute Gasteiger partial charge is 0.410 e. The van der Waals surface area contributed by atoms with Crippen LogP contribution < -0.4 is 20.7 Å². The van der Waals surface area contributed by atoms with Crippen molar-refractivity contribution in [1.29, 1.82) is 0 Å². The molecule has 0 radical (unpaired) electrons. The highest BCUT2D eigenvalue weighted by atomic mass is 32.2. The van der Waals surface area contributed by atoms with Crippen LogP contribution in [-0.4, -0.2) is 98.5 Å². The maximum Gasteiger partial charge on any atom is 0.410 e. The molecule has 1 saturated carbocycles. The molecule has 15 nitrogen and oxygen atoms in total. The molecule has 2 aromatic carbocycles. The lowest BCUT2D eigenvalue weighted by molar-refractivity contribution is -0.137. The third-order valence-corrected chi connectivity index (χ3v) is 11.6. The van der Waals surface area contributed by atoms with Gasteiger partial charge in [0.2, 0.25) is 5.91 Å². The molecule has 304 valence electrons. The summed E-state index contributed by atoms with van der Waals surface area (Å²) in [4.78, 5) is 69.4. The van der Waals surface area contributed by atoms with Gasteiger partial charge in [-0.3, -0.25) is 14.5 Å². The van der Waals surface area contributed by atoms with Gasteiger partial charge >= 0.3 is 12.2 Å². The van der Waals surface area contributed by atoms with E-state index in [2.05, 4.69) is 10.0 Å². The minimum atomic E-state index is -4.09. The van der Waals surface area contributed by atoms with Gasteiger partial charge in [-0.25, -0.2) is 22.7 Å². The van der Waals surface area contributed by atoms with Crippen LogP contribution in [0, 0.1) is 5.92 Å². The first-order valence-electron chi connectivity index (χ1n) is 19.0. The number of nitrogens with two attached hydrogens (primary N) is 1. The summed E-state index contributed by atoms with van der Waals surface area (Å²) < 4.78 is 38.9. The van der Waals surface area contributed by atoms with Crippen molar-refractivity contribution in [2.24, 2.45) is 11.7 Å². The summed E-state index contributed by atoms with van der Waals surface area (Å²) in [6.45, 7) is 6.01. The Labute approximate surface area is 329 Å². The number of hydrogen-bond donors (Lipinski definition) is 3. The van der Waals surface area contributed by atoms with Crippen LogP contribution in [0.15, 0.2) is 65.6 Å². The lowest BCUT2D eigenvalue weighted by Gasteiger charge is -2.28. The number of fused-ring (bicyclic) bond motifs is 1. The van der Waals surface area contributed by atoms with E-state index in [0.717, 1.165) is 23.2 Å². The average molecular weight is 795 g/mol. The summed E-state index contributed by atoms with van der Waals surface area (Å²) in [5.74, 6) is -1.53. The van der Waals surface area contributed by atoms with Gasteiger partial charge in [0, 0.05) is 45.2 Å². The molecular formula is C40H54N6O9S. The summed E-state index contributed by atoms with van der Waals surface area (Å²) in [5.41, 5.74) is 7.06. The van der Waals surface area contributed by atoms with Crippen LogP contribution in [0.2, 0.25) is 0 Å². The third-order valence-electron chi connectivity index (χ3n) is 10.2. The Kier molecular flexibility index (Phi) is 13.1. The van der Waals surface area contributed by atoms with E-state index in [4.69, 9.17) is 15.2 Å². The SMILES string of the molecule is CN(C)c1ccc(S(=O)(=O)NC(=O)[C@@]2(N)C[C@H]2/C=C\CCCCC[C@H](NC(=O)OC(C)(C)C)C(=O)N2C[C@H](OC(=O)N3Cc4ccccc4C3)C[C@H]2C=O)cc1. The van der Waals surface area contributed by atoms with E-state index in [1.54, 1.807) is 37.8 Å². The zero-order chi connectivity index (χ0) is 40.8. The zero-order valence-corrected chi connectivity index (χ0v) is 33.5. The second-order valence-electron chi connectivity index (χ2n) is 16.0. The first kappa shape index (κ1) is 42.2. The second kappa shape index (κ2) is 17.5. The van der Waals surface area contributed by atoms with Gasteiger partial charge in [0.25, 0.3) is 15.9 Å². The fourth-order valence-electron chi connectivity index (χ4n) is 6.93. The normalized spacial score (nSPS) is 22.3. The minimum Gasteiger partial charge on any atom is -0.444 e. The number of carbonyl (C=O) groups is 5. The number of rotatable bonds is 15. The fraction of sp³-hybridized carbons (Fsp3) is 0.525. The second-order valence-corrected chi connectivity index (χ2v) is 17.7. The predicted octanol–water partition coefficient (Wildman–Crippen LogP) is 4.00. The van der Waals surface area contributed by atoms with Gasteiger partial charge in [-0.2, -0.15) is 0 Å². The topological polar surface area (TPSA) is 198 Å². The first-order valence-corrected chi connectivity index (χ1v) is 20.5. The molecule has 2 heterocycles. The number of ether oxygens (including phenoxy) is 2. The number of nitrogens with one attached hydrogen (secondary N) is 2. The molecule has 0 spiro atoms. The number of nitrogens with zero attached hydrogens (tertiary/aromatic N) is 3. The highest BCUT2D eigenvalue weighted by Gasteiger charge is 2.56. The number of alkyl carbamates (subject to hydrolysis) is 1. The van der Waals surface area contributed by atoms with E-state index in [1.807, 2.05) is 55.4 Å². The van der Waals surface area contributed by atoms with E-state index in [-0.39, 0.29) is 30.2 Å². The van der Waals surface area contributed by atoms with E-state index < -0.39 is 63.4 Å². The molecular weight excluding hydrogens is 741 g/mol. The van der Waals surface area contributed by atoms with Crippen molar-refractivity contribution in [3.05, 3.63) is 71.8 Å². The molecule has 0 unspecified atom stereocenters. The molecule has 2 aromatic rings. The van der Waals surface area contributed by atoms with Gasteiger partial charge in [0.15, 0.2) is 0 Å². The van der Waals surface area contributed by atoms with Crippen LogP contribution in [-0.2, 0) is 47.0 Å². The largest absolute Gasteiger partial charge is 0.444 e. The average Bonchev–Trinajstić information content (AvgIpc) is 3.43. The van der Waals surface area contributed by atoms with Gasteiger partial charge < -0.3 is 35.1 Å². The number of unbranched alkanes of at least 4 members (excludes halogenated alkanes) is 3. The number of aldehydes is 1. The Hall–Kier alpha value is -4.96. The summed E-state index contributed by atoms with van der Waals surface area (Å²) in [6.07, 6.45) is 5.83. The summed E-state index contributed by atoms with van der Waals surface area (Å²) in [6, 6.07) is 12.1. The summed E-state index contributed by atoms with van der Waals surface area (Å²) >= 11 is 0. The Balaban J connectivity index is 1.09. The summed E-state index contributed by atoms with van der Waals surface area (Å²) in [5, 5.41) is 2.69. The van der Waals surface area contributed by atoms with Crippen LogP contribution in [0.25, 0.3) is 0 Å². The zero-order valence-electron chi connectivity index (χ0n) is 32.7. The Morgan fingerprint density at radius 3 is 2.29 bits per heavy atom. The maximum absolute atomic E-state index is 13.9. The van der Waals surface area contributed by atoms with E-state index in [0.29, 0.717) is 45.1 Å². The van der Waals surface area contributed by atoms with Crippen LogP contribution in [0.1, 0.15) is 76.8 Å². The molecule has 4 amide bonds. The molecule has 0 bridgehead atoms. The molecule has 2 fully saturated rings. The predicted molar refractivity (Wildman–Crippen MR) is 209 cm³/mol. The van der Waals surface area contributed by atoms with Crippen molar-refractivity contribution >= 4 is 46.0 Å². The minimum absolute atomic E-state index is 0.0175. The molecule has 0 aromatic heterocycles. The van der Waals surface area contributed by atoms with Crippen LogP contribution >= 0.6 is 0 Å². The molecule has 56 heavy (non-hydrogen) atoms. The molecule has 16 heteroatoms. The number of benzene rings is 2. The fourth-order valence-corrected chi connectivity index (χ4v) is 7.98. The maximum atomic E-state index is 13.9. The third kappa shape index (κ3) is 10.7. The first-order chi connectivity index (χ1) is 26.4. The van der Waals surface area contributed by atoms with E-state index in [9.17, 15) is 32.4 Å². The molecule has 1 saturated heterocycles. The molecule has 4 N–H and O–H groups in total. The molecule has 2 aliphatic heterocycles. The van der Waals surface area contributed by atoms with E-state index in [1.165, 1.54) is 17.0 Å². The van der Waals surface area contributed by atoms with Crippen molar-refractivity contribution in [3.63, 3.8) is 0 Å². The number of hydrogen-bond acceptors (Lipinski definition) is 11. The van der Waals surface area contributed by atoms with E-state index >= 15 is 0 Å². The quantitative estimate of drug-likeness (QED) is 0.134. The van der Waals surface area contributed by atoms with Gasteiger partial charge in [0.05, 0.1) is 17.5 Å². The van der Waals surface area contributed by atoms with Crippen LogP contribution in [0.4, 0.5) is 15.3 Å². The summed E-state index contributed by atoms with van der Waals surface area (Å²) in [7, 11) is -0.413. The highest BCUT2D eigenvalue weighted by Crippen LogP contribution is 2.42. The van der Waals surface area contributed by atoms with Crippen molar-refractivity contribution < 1.29 is 41.9 Å². The standard InChI is InChI=1S/C40H54N6O9S/c1-39(2,3)55-37(50)42-34(35(48)46-25-32(21-31(46)26-47)54-38(51)45-23-27-13-11-12-14-28(27)24-45)16-10-8-6-7-9-15-29-22-40(29,41)36(49)43-56(52,53)33-19-17-30(18-20-33)44(4)5/h9,11-15,17-20,26,29,31-32,34H,6-8,10,16,21-25,41H2,1-5H3,(H,42,50)(H,43,49)/b15-9-/t29-,31+,32-,34+,40-/m1/s1. The molecule has 5 rings (SSSR count). The number of sulfonamides is 1. The van der Waals surface area contributed by atoms with Gasteiger partial charge in [-0.15, -0.1) is 0 Å². The van der Waals surface area contributed by atoms with Gasteiger partial charge in [-0.1, -0.05) is 49.3 Å². The lowest BCUT2D eigenvalue weighted by atomic mass is 10.0. The molecule has 5 atom stereocenters. The van der Waals surface area contributed by atoms with Crippen LogP contribution in [0.5, 0.6) is 0 Å². The van der Waals surface area contributed by atoms with Crippen LogP contribution in [0.3, 0.4) is 0 Å². The van der Waals surface area contributed by atoms with Crippen molar-refractivity contribution in [3.8, 4) is 0 Å². The Bertz CT molecular complexity index is 1890. The molecule has 3 aliphatic rings. The van der Waals surface area contributed by atoms with Crippen molar-refractivity contribution in [1.82, 2.24) is 19.8 Å². The Morgan fingerprint density at radius 2 is 1.68 bits per heavy atom. The van der Waals surface area contributed by atoms with Crippen molar-refractivity contribution in [2.75, 3.05) is 25.5 Å². The Morgan fingerprint density at radius 1 is 1.02 bits per heavy atom. The van der Waals surface area contributed by atoms with Gasteiger partial charge in [-0.05, 0) is 81.8 Å². The number of carbonyl (C=O) groups excluding carboxylic acids is 5. The highest BCUT2D eigenvalue weighted by molar-refractivity contribution is 7.90. The monoisotopic (exact) mass is 794 g/mol. The van der Waals surface area contributed by atoms with Gasteiger partial charge in [0.1, 0.15) is 29.6 Å². The lowest BCUT2D eigenvalue weighted by Crippen LogP contribution is -2.51. The number of anilines is 1. The number of allylic oxidation sites excluding steroid dienone is 1. The van der Waals surface area contributed by atoms with Crippen molar-refractivity contribution in [2.45, 2.75) is 113 Å². The molecule has 1 aliphatic carbocycles. The number of amides is 4.